The van der Waals surface area contributed by atoms with Gasteiger partial charge in [-0.25, -0.2) is 4.79 Å². The number of ether oxygens (including phenoxy) is 9. The third-order valence-electron chi connectivity index (χ3n) is 10.6. The summed E-state index contributed by atoms with van der Waals surface area (Å²) in [6.07, 6.45) is 0.269. The molecular weight excluding hydrogens is 819 g/mol. The number of carbonyl (C=O) groups is 1. The fourth-order valence-electron chi connectivity index (χ4n) is 7.67. The van der Waals surface area contributed by atoms with E-state index < -0.39 is 14.4 Å². The first-order valence-corrected chi connectivity index (χ1v) is 24.3. The zero-order valence-electron chi connectivity index (χ0n) is 37.6. The summed E-state index contributed by atoms with van der Waals surface area (Å²) in [4.78, 5) is 12.3. The summed E-state index contributed by atoms with van der Waals surface area (Å²) in [5.41, 5.74) is 4.81. The fraction of sp³-hybridized carbons (Fsp3) is 0.500. The van der Waals surface area contributed by atoms with Gasteiger partial charge in [0.2, 0.25) is 0 Å². The Morgan fingerprint density at radius 2 is 0.825 bits per heavy atom. The predicted octanol–water partition coefficient (Wildman–Crippen LogP) is 6.62. The molecule has 0 bridgehead atoms. The molecule has 5 rings (SSSR count). The van der Waals surface area contributed by atoms with Crippen LogP contribution in [0.1, 0.15) is 44.2 Å². The maximum atomic E-state index is 12.3. The van der Waals surface area contributed by atoms with Gasteiger partial charge in [0, 0.05) is 19.1 Å². The Morgan fingerprint density at radius 1 is 0.476 bits per heavy atom. The lowest BCUT2D eigenvalue weighted by molar-refractivity contribution is -0.0237. The van der Waals surface area contributed by atoms with Gasteiger partial charge in [-0.15, -0.1) is 0 Å². The predicted molar refractivity (Wildman–Crippen MR) is 248 cm³/mol. The molecule has 0 aromatic heterocycles. The van der Waals surface area contributed by atoms with Crippen LogP contribution in [0.25, 0.3) is 11.1 Å². The number of nitrogens with one attached hydrogen (secondary N) is 1. The van der Waals surface area contributed by atoms with Crippen LogP contribution in [0.4, 0.5) is 4.79 Å². The van der Waals surface area contributed by atoms with Crippen molar-refractivity contribution in [3.05, 3.63) is 120 Å². The second-order valence-electron chi connectivity index (χ2n) is 16.0. The molecule has 0 radical (unpaired) electrons. The molecule has 0 unspecified atom stereocenters. The maximum absolute atomic E-state index is 12.3. The smallest absolute Gasteiger partial charge is 0.407 e. The van der Waals surface area contributed by atoms with Crippen molar-refractivity contribution >= 4 is 24.8 Å². The van der Waals surface area contributed by atoms with E-state index in [-0.39, 0.29) is 11.0 Å². The quantitative estimate of drug-likeness (QED) is 0.0411. The van der Waals surface area contributed by atoms with Gasteiger partial charge in [0.1, 0.15) is 6.61 Å². The molecule has 0 saturated carbocycles. The van der Waals surface area contributed by atoms with Crippen molar-refractivity contribution in [2.45, 2.75) is 38.1 Å². The van der Waals surface area contributed by atoms with Gasteiger partial charge in [-0.1, -0.05) is 130 Å². The third kappa shape index (κ3) is 16.5. The molecule has 0 heterocycles. The second-order valence-corrected chi connectivity index (χ2v) is 20.3. The fourth-order valence-corrected chi connectivity index (χ4v) is 12.2. The summed E-state index contributed by atoms with van der Waals surface area (Å²) >= 11 is 0. The Morgan fingerprint density at radius 3 is 1.22 bits per heavy atom. The standard InChI is InChI=1S/C50H69NO11Si/c1-50(2,3)63(42-15-6-4-7-16-42,43-17-8-5-9-18-43)62-40-39-60-38-37-59-36-35-58-34-33-57-32-31-56-30-29-55-28-27-54-26-25-53-24-14-23-51-49(52)61-41-48-46-21-12-10-19-44(46)45-20-11-13-22-47(45)48/h4-13,15-22,48H,14,23-41H2,1-3H3,(H,51,52). The van der Waals surface area contributed by atoms with Crippen LogP contribution in [-0.2, 0) is 47.1 Å². The third-order valence-corrected chi connectivity index (χ3v) is 15.7. The lowest BCUT2D eigenvalue weighted by Gasteiger charge is -2.43. The largest absolute Gasteiger partial charge is 0.449 e. The van der Waals surface area contributed by atoms with Gasteiger partial charge in [-0.3, -0.25) is 0 Å². The lowest BCUT2D eigenvalue weighted by Crippen LogP contribution is -2.66. The van der Waals surface area contributed by atoms with E-state index >= 15 is 0 Å². The maximum Gasteiger partial charge on any atom is 0.407 e. The Kier molecular flexibility index (Phi) is 22.8. The highest BCUT2D eigenvalue weighted by molar-refractivity contribution is 6.99. The first-order valence-electron chi connectivity index (χ1n) is 22.4. The minimum Gasteiger partial charge on any atom is -0.449 e. The van der Waals surface area contributed by atoms with Crippen LogP contribution in [-0.4, -0.2) is 140 Å². The molecule has 0 atom stereocenters. The molecule has 1 N–H and O–H groups in total. The van der Waals surface area contributed by atoms with Crippen molar-refractivity contribution in [2.24, 2.45) is 0 Å². The summed E-state index contributed by atoms with van der Waals surface area (Å²) < 4.78 is 57.4. The molecule has 0 spiro atoms. The number of benzene rings is 4. The van der Waals surface area contributed by atoms with Gasteiger partial charge in [0.05, 0.1) is 106 Å². The normalized spacial score (nSPS) is 12.6. The van der Waals surface area contributed by atoms with Crippen LogP contribution in [0, 0.1) is 0 Å². The van der Waals surface area contributed by atoms with E-state index in [9.17, 15) is 4.79 Å². The molecule has 4 aromatic rings. The molecule has 63 heavy (non-hydrogen) atoms. The van der Waals surface area contributed by atoms with Crippen molar-refractivity contribution in [3.63, 3.8) is 0 Å². The molecule has 4 aromatic carbocycles. The van der Waals surface area contributed by atoms with E-state index in [4.69, 9.17) is 47.1 Å². The van der Waals surface area contributed by atoms with Crippen LogP contribution < -0.4 is 15.7 Å². The summed E-state index contributed by atoms with van der Waals surface area (Å²) in [6, 6.07) is 37.9. The molecule has 344 valence electrons. The molecular formula is C50H69NO11Si. The van der Waals surface area contributed by atoms with E-state index in [1.807, 2.05) is 24.3 Å². The minimum atomic E-state index is -2.55. The van der Waals surface area contributed by atoms with Crippen molar-refractivity contribution < 1.29 is 51.9 Å². The molecule has 12 nitrogen and oxygen atoms in total. The first kappa shape index (κ1) is 50.0. The van der Waals surface area contributed by atoms with Gasteiger partial charge >= 0.3 is 6.09 Å². The number of alkyl carbamates (subject to hydrolysis) is 1. The molecule has 1 aliphatic rings. The summed E-state index contributed by atoms with van der Waals surface area (Å²) in [7, 11) is -2.55. The SMILES string of the molecule is CC(C)(C)[Si](OCCOCCOCCOCCOCCOCCOCCOCCOCCCNC(=O)OCC1c2ccccc2-c2ccccc21)(c1ccccc1)c1ccccc1. The zero-order chi connectivity index (χ0) is 44.3. The molecule has 1 amide bonds. The van der Waals surface area contributed by atoms with Crippen molar-refractivity contribution in [2.75, 3.05) is 125 Å². The number of fused-ring (bicyclic) bond motifs is 3. The minimum absolute atomic E-state index is 0.0478. The number of carbonyl (C=O) groups excluding carboxylic acids is 1. The van der Waals surface area contributed by atoms with E-state index in [2.05, 4.69) is 111 Å². The number of amides is 1. The van der Waals surface area contributed by atoms with Crippen LogP contribution >= 0.6 is 0 Å². The van der Waals surface area contributed by atoms with Crippen molar-refractivity contribution in [1.82, 2.24) is 5.32 Å². The van der Waals surface area contributed by atoms with Gasteiger partial charge in [0.25, 0.3) is 8.32 Å². The molecule has 0 aliphatic heterocycles. The van der Waals surface area contributed by atoms with Gasteiger partial charge in [-0.05, 0) is 44.1 Å². The number of hydrogen-bond donors (Lipinski definition) is 1. The Hall–Kier alpha value is -3.99. The van der Waals surface area contributed by atoms with E-state index in [1.165, 1.54) is 32.6 Å². The monoisotopic (exact) mass is 887 g/mol. The summed E-state index contributed by atoms with van der Waals surface area (Å²) in [6.45, 7) is 16.0. The molecule has 0 saturated heterocycles. The van der Waals surface area contributed by atoms with Gasteiger partial charge < -0.3 is 52.4 Å². The Bertz CT molecular complexity index is 1740. The van der Waals surface area contributed by atoms with Crippen LogP contribution in [0.2, 0.25) is 5.04 Å². The van der Waals surface area contributed by atoms with Gasteiger partial charge in [0.15, 0.2) is 0 Å². The van der Waals surface area contributed by atoms with Gasteiger partial charge in [-0.2, -0.15) is 0 Å². The number of hydrogen-bond acceptors (Lipinski definition) is 11. The van der Waals surface area contributed by atoms with E-state index in [0.717, 1.165) is 0 Å². The van der Waals surface area contributed by atoms with Crippen LogP contribution in [0.3, 0.4) is 0 Å². The highest BCUT2D eigenvalue weighted by Gasteiger charge is 2.50. The van der Waals surface area contributed by atoms with E-state index in [0.29, 0.717) is 132 Å². The van der Waals surface area contributed by atoms with E-state index in [1.54, 1.807) is 0 Å². The van der Waals surface area contributed by atoms with Crippen LogP contribution in [0.15, 0.2) is 109 Å². The molecule has 13 heteroatoms. The highest BCUT2D eigenvalue weighted by atomic mass is 28.4. The second kappa shape index (κ2) is 28.7. The van der Waals surface area contributed by atoms with Crippen LogP contribution in [0.5, 0.6) is 0 Å². The average Bonchev–Trinajstić information content (AvgIpc) is 3.62. The lowest BCUT2D eigenvalue weighted by atomic mass is 9.98. The Labute approximate surface area is 375 Å². The number of rotatable bonds is 33. The van der Waals surface area contributed by atoms with Crippen molar-refractivity contribution in [3.8, 4) is 11.1 Å². The topological polar surface area (TPSA) is 121 Å². The highest BCUT2D eigenvalue weighted by Crippen LogP contribution is 2.44. The molecule has 0 fully saturated rings. The average molecular weight is 888 g/mol. The Balaban J connectivity index is 0.732. The molecule has 1 aliphatic carbocycles. The summed E-state index contributed by atoms with van der Waals surface area (Å²) in [5.74, 6) is 0.0478. The first-order chi connectivity index (χ1) is 30.9. The summed E-state index contributed by atoms with van der Waals surface area (Å²) in [5, 5.41) is 5.28. The zero-order valence-corrected chi connectivity index (χ0v) is 38.6. The van der Waals surface area contributed by atoms with Crippen molar-refractivity contribution in [1.29, 1.82) is 0 Å².